The highest BCUT2D eigenvalue weighted by Gasteiger charge is 2.55. The number of amides is 3. The molecule has 8 nitrogen and oxygen atoms in total. The van der Waals surface area contributed by atoms with E-state index in [4.69, 9.17) is 4.74 Å². The summed E-state index contributed by atoms with van der Waals surface area (Å²) in [5, 5.41) is 2.81. The van der Waals surface area contributed by atoms with Crippen molar-refractivity contribution in [2.24, 2.45) is 5.92 Å². The van der Waals surface area contributed by atoms with Crippen molar-refractivity contribution in [3.8, 4) is 0 Å². The first-order valence-electron chi connectivity index (χ1n) is 10.8. The first kappa shape index (κ1) is 20.6. The Kier molecular flexibility index (Phi) is 5.20. The quantitative estimate of drug-likeness (QED) is 0.438. The standard InChI is InChI=1S/C22H29N3O5/c1-13-6-4-5-9-22(13)20(28)24(21(29)23-22)11-19(27)30-12-18(26)17-10-14(2)25(15(17)3)16-7-8-16/h10,13,16H,4-9,11-12H2,1-3H3,(H,23,29)/t13-,22+/m1/s1. The number of carbonyl (C=O) groups is 4. The van der Waals surface area contributed by atoms with E-state index in [1.54, 1.807) is 0 Å². The Morgan fingerprint density at radius 1 is 1.20 bits per heavy atom. The molecule has 1 spiro atoms. The zero-order chi connectivity index (χ0) is 21.6. The van der Waals surface area contributed by atoms with Crippen LogP contribution in [0.2, 0.25) is 0 Å². The molecule has 1 aromatic rings. The van der Waals surface area contributed by atoms with Crippen molar-refractivity contribution in [2.75, 3.05) is 13.2 Å². The van der Waals surface area contributed by atoms with E-state index in [2.05, 4.69) is 9.88 Å². The van der Waals surface area contributed by atoms with Gasteiger partial charge in [-0.2, -0.15) is 0 Å². The molecule has 1 aromatic heterocycles. The Hall–Kier alpha value is -2.64. The van der Waals surface area contributed by atoms with Gasteiger partial charge in [-0.05, 0) is 51.5 Å². The smallest absolute Gasteiger partial charge is 0.326 e. The second kappa shape index (κ2) is 7.56. The predicted molar refractivity (Wildman–Crippen MR) is 108 cm³/mol. The topological polar surface area (TPSA) is 97.7 Å². The maximum atomic E-state index is 12.9. The summed E-state index contributed by atoms with van der Waals surface area (Å²) in [7, 11) is 0. The van der Waals surface area contributed by atoms with Gasteiger partial charge in [0.2, 0.25) is 5.78 Å². The van der Waals surface area contributed by atoms with Crippen molar-refractivity contribution in [2.45, 2.75) is 70.9 Å². The Morgan fingerprint density at radius 2 is 1.93 bits per heavy atom. The molecule has 2 atom stereocenters. The van der Waals surface area contributed by atoms with Crippen molar-refractivity contribution in [3.63, 3.8) is 0 Å². The molecule has 0 bridgehead atoms. The first-order valence-corrected chi connectivity index (χ1v) is 10.8. The van der Waals surface area contributed by atoms with Gasteiger partial charge in [-0.1, -0.05) is 19.8 Å². The largest absolute Gasteiger partial charge is 0.456 e. The van der Waals surface area contributed by atoms with Crippen molar-refractivity contribution < 1.29 is 23.9 Å². The number of ketones is 1. The minimum absolute atomic E-state index is 0.0204. The summed E-state index contributed by atoms with van der Waals surface area (Å²) in [6.45, 7) is 4.94. The fourth-order valence-corrected chi connectivity index (χ4v) is 4.99. The molecule has 8 heteroatoms. The third kappa shape index (κ3) is 3.42. The van der Waals surface area contributed by atoms with Crippen molar-refractivity contribution in [3.05, 3.63) is 23.0 Å². The van der Waals surface area contributed by atoms with Crippen LogP contribution in [0.25, 0.3) is 0 Å². The molecule has 30 heavy (non-hydrogen) atoms. The molecule has 0 unspecified atom stereocenters. The van der Waals surface area contributed by atoms with Gasteiger partial charge >= 0.3 is 12.0 Å². The second-order valence-corrected chi connectivity index (χ2v) is 8.91. The van der Waals surface area contributed by atoms with Gasteiger partial charge in [0.15, 0.2) is 6.61 Å². The number of carbonyl (C=O) groups excluding carboxylic acids is 4. The monoisotopic (exact) mass is 415 g/mol. The van der Waals surface area contributed by atoms with Gasteiger partial charge in [-0.25, -0.2) is 4.79 Å². The molecule has 0 radical (unpaired) electrons. The normalized spacial score (nSPS) is 26.2. The van der Waals surface area contributed by atoms with Gasteiger partial charge in [-0.15, -0.1) is 0 Å². The number of nitrogens with one attached hydrogen (secondary N) is 1. The average Bonchev–Trinajstić information content (AvgIpc) is 3.45. The first-order chi connectivity index (χ1) is 14.2. The molecule has 0 aromatic carbocycles. The number of aryl methyl sites for hydroxylation is 1. The van der Waals surface area contributed by atoms with E-state index in [0.717, 1.165) is 48.4 Å². The number of hydrogen-bond acceptors (Lipinski definition) is 5. The van der Waals surface area contributed by atoms with Crippen LogP contribution in [-0.4, -0.2) is 51.8 Å². The minimum Gasteiger partial charge on any atom is -0.456 e. The molecule has 1 N–H and O–H groups in total. The van der Waals surface area contributed by atoms with Gasteiger partial charge < -0.3 is 14.6 Å². The second-order valence-electron chi connectivity index (χ2n) is 8.91. The molecule has 3 amide bonds. The third-order valence-electron chi connectivity index (χ3n) is 6.85. The summed E-state index contributed by atoms with van der Waals surface area (Å²) >= 11 is 0. The number of nitrogens with zero attached hydrogens (tertiary/aromatic N) is 2. The lowest BCUT2D eigenvalue weighted by Gasteiger charge is -2.36. The van der Waals surface area contributed by atoms with Crippen LogP contribution in [-0.2, 0) is 14.3 Å². The van der Waals surface area contributed by atoms with E-state index in [0.29, 0.717) is 18.0 Å². The molecule has 3 fully saturated rings. The molecule has 162 valence electrons. The van der Waals surface area contributed by atoms with Gasteiger partial charge in [-0.3, -0.25) is 19.3 Å². The zero-order valence-electron chi connectivity index (χ0n) is 17.8. The number of imide groups is 1. The number of aromatic nitrogens is 1. The number of urea groups is 1. The molecule has 2 heterocycles. The van der Waals surface area contributed by atoms with Crippen molar-refractivity contribution in [1.29, 1.82) is 0 Å². The Labute approximate surface area is 175 Å². The highest BCUT2D eigenvalue weighted by molar-refractivity contribution is 6.09. The lowest BCUT2D eigenvalue weighted by molar-refractivity contribution is -0.147. The number of esters is 1. The molecular formula is C22H29N3O5. The average molecular weight is 415 g/mol. The van der Waals surface area contributed by atoms with E-state index in [-0.39, 0.29) is 17.6 Å². The number of Topliss-reactive ketones (excluding diaryl/α,β-unsaturated/α-hetero) is 1. The maximum Gasteiger partial charge on any atom is 0.326 e. The zero-order valence-corrected chi connectivity index (χ0v) is 17.8. The maximum absolute atomic E-state index is 12.9. The summed E-state index contributed by atoms with van der Waals surface area (Å²) < 4.78 is 7.29. The minimum atomic E-state index is -0.911. The lowest BCUT2D eigenvalue weighted by atomic mass is 9.73. The van der Waals surface area contributed by atoms with Crippen molar-refractivity contribution >= 4 is 23.7 Å². The van der Waals surface area contributed by atoms with Gasteiger partial charge in [0.25, 0.3) is 5.91 Å². The number of rotatable bonds is 6. The van der Waals surface area contributed by atoms with Crippen LogP contribution in [0.5, 0.6) is 0 Å². The fraction of sp³-hybridized carbons (Fsp3) is 0.636. The molecule has 2 saturated carbocycles. The van der Waals surface area contributed by atoms with Crippen LogP contribution < -0.4 is 5.32 Å². The summed E-state index contributed by atoms with van der Waals surface area (Å²) in [6, 6.07) is 1.73. The summed E-state index contributed by atoms with van der Waals surface area (Å²) in [5.74, 6) is -1.38. The van der Waals surface area contributed by atoms with Crippen LogP contribution in [0.1, 0.15) is 73.2 Å². The summed E-state index contributed by atoms with van der Waals surface area (Å²) in [4.78, 5) is 51.1. The van der Waals surface area contributed by atoms with Crippen molar-refractivity contribution in [1.82, 2.24) is 14.8 Å². The number of hydrogen-bond donors (Lipinski definition) is 1. The molecule has 1 saturated heterocycles. The van der Waals surface area contributed by atoms with Crippen LogP contribution >= 0.6 is 0 Å². The van der Waals surface area contributed by atoms with Gasteiger partial charge in [0.1, 0.15) is 12.1 Å². The highest BCUT2D eigenvalue weighted by Crippen LogP contribution is 2.39. The van der Waals surface area contributed by atoms with Crippen LogP contribution in [0.3, 0.4) is 0 Å². The van der Waals surface area contributed by atoms with Gasteiger partial charge in [0.05, 0.1) is 0 Å². The molecule has 1 aliphatic heterocycles. The Bertz CT molecular complexity index is 916. The van der Waals surface area contributed by atoms with E-state index in [1.807, 2.05) is 26.8 Å². The van der Waals surface area contributed by atoms with Crippen LogP contribution in [0, 0.1) is 19.8 Å². The SMILES string of the molecule is Cc1cc(C(=O)COC(=O)CN2C(=O)N[C@]3(CCCC[C@H]3C)C2=O)c(C)n1C1CC1. The van der Waals surface area contributed by atoms with E-state index < -0.39 is 30.7 Å². The van der Waals surface area contributed by atoms with Crippen LogP contribution in [0.15, 0.2) is 6.07 Å². The lowest BCUT2D eigenvalue weighted by Crippen LogP contribution is -2.54. The number of ether oxygens (including phenoxy) is 1. The van der Waals surface area contributed by atoms with E-state index in [1.165, 1.54) is 0 Å². The third-order valence-corrected chi connectivity index (χ3v) is 6.85. The summed E-state index contributed by atoms with van der Waals surface area (Å²) in [6.07, 6.45) is 5.56. The van der Waals surface area contributed by atoms with Gasteiger partial charge in [0, 0.05) is 23.0 Å². The molecule has 2 aliphatic carbocycles. The van der Waals surface area contributed by atoms with E-state index >= 15 is 0 Å². The Morgan fingerprint density at radius 3 is 2.60 bits per heavy atom. The van der Waals surface area contributed by atoms with E-state index in [9.17, 15) is 19.2 Å². The molecular weight excluding hydrogens is 386 g/mol. The molecule has 3 aliphatic rings. The summed E-state index contributed by atoms with van der Waals surface area (Å²) in [5.41, 5.74) is 1.55. The Balaban J connectivity index is 1.36. The molecule has 4 rings (SSSR count). The predicted octanol–water partition coefficient (Wildman–Crippen LogP) is 2.67. The highest BCUT2D eigenvalue weighted by atomic mass is 16.5. The van der Waals surface area contributed by atoms with Crippen LogP contribution in [0.4, 0.5) is 4.79 Å². The fourth-order valence-electron chi connectivity index (χ4n) is 4.99.